The van der Waals surface area contributed by atoms with E-state index in [9.17, 15) is 0 Å². The normalized spacial score (nSPS) is 10.3. The highest BCUT2D eigenvalue weighted by Crippen LogP contribution is 2.11. The maximum atomic E-state index is 5.22. The highest BCUT2D eigenvalue weighted by atomic mass is 16.5. The molecule has 0 heterocycles. The summed E-state index contributed by atoms with van der Waals surface area (Å²) in [5.41, 5.74) is 3.97. The van der Waals surface area contributed by atoms with E-state index in [0.717, 1.165) is 18.8 Å². The van der Waals surface area contributed by atoms with Crippen LogP contribution in [0.4, 0.5) is 0 Å². The third-order valence-electron chi connectivity index (χ3n) is 3.01. The predicted molar refractivity (Wildman–Crippen MR) is 73.5 cm³/mol. The third-order valence-corrected chi connectivity index (χ3v) is 3.01. The number of aryl methyl sites for hydroxylation is 1. The van der Waals surface area contributed by atoms with E-state index in [1.807, 2.05) is 12.1 Å². The lowest BCUT2D eigenvalue weighted by Crippen LogP contribution is -2.80. The van der Waals surface area contributed by atoms with Crippen molar-refractivity contribution in [3.05, 3.63) is 65.2 Å². The number of hydrogen-bond donors (Lipinski definition) is 1. The van der Waals surface area contributed by atoms with Crippen molar-refractivity contribution in [2.45, 2.75) is 20.0 Å². The van der Waals surface area contributed by atoms with Crippen LogP contribution in [-0.2, 0) is 13.1 Å². The van der Waals surface area contributed by atoms with E-state index >= 15 is 0 Å². The molecule has 0 fully saturated rings. The first kappa shape index (κ1) is 12.7. The van der Waals surface area contributed by atoms with E-state index in [2.05, 4.69) is 48.6 Å². The van der Waals surface area contributed by atoms with E-state index in [1.54, 1.807) is 7.11 Å². The molecular formula is C16H20NO+. The molecule has 0 amide bonds. The van der Waals surface area contributed by atoms with E-state index in [1.165, 1.54) is 16.7 Å². The van der Waals surface area contributed by atoms with Gasteiger partial charge in [0.2, 0.25) is 0 Å². The van der Waals surface area contributed by atoms with Gasteiger partial charge in [0.1, 0.15) is 18.8 Å². The number of ether oxygens (including phenoxy) is 1. The van der Waals surface area contributed by atoms with Gasteiger partial charge in [-0.05, 0) is 19.1 Å². The summed E-state index contributed by atoms with van der Waals surface area (Å²) in [6, 6.07) is 16.9. The van der Waals surface area contributed by atoms with Crippen LogP contribution in [0.3, 0.4) is 0 Å². The number of quaternary nitrogens is 1. The fourth-order valence-corrected chi connectivity index (χ4v) is 1.93. The summed E-state index contributed by atoms with van der Waals surface area (Å²) in [7, 11) is 1.70. The van der Waals surface area contributed by atoms with Gasteiger partial charge in [0.25, 0.3) is 0 Å². The van der Waals surface area contributed by atoms with E-state index in [4.69, 9.17) is 4.74 Å². The Balaban J connectivity index is 1.86. The van der Waals surface area contributed by atoms with Gasteiger partial charge in [0.05, 0.1) is 7.11 Å². The molecule has 0 radical (unpaired) electrons. The van der Waals surface area contributed by atoms with Crippen molar-refractivity contribution in [3.8, 4) is 5.75 Å². The van der Waals surface area contributed by atoms with Gasteiger partial charge < -0.3 is 10.1 Å². The molecule has 0 bridgehead atoms. The minimum absolute atomic E-state index is 0.927. The summed E-state index contributed by atoms with van der Waals surface area (Å²) >= 11 is 0. The number of nitrogens with two attached hydrogens (primary N) is 1. The van der Waals surface area contributed by atoms with Crippen LogP contribution in [0.1, 0.15) is 16.7 Å². The van der Waals surface area contributed by atoms with Gasteiger partial charge in [0, 0.05) is 11.1 Å². The molecule has 0 atom stereocenters. The van der Waals surface area contributed by atoms with Crippen molar-refractivity contribution in [1.82, 2.24) is 0 Å². The second-order valence-corrected chi connectivity index (χ2v) is 4.53. The van der Waals surface area contributed by atoms with Crippen molar-refractivity contribution in [2.75, 3.05) is 7.11 Å². The molecule has 2 rings (SSSR count). The van der Waals surface area contributed by atoms with Crippen LogP contribution in [0.2, 0.25) is 0 Å². The lowest BCUT2D eigenvalue weighted by Gasteiger charge is -2.04. The largest absolute Gasteiger partial charge is 0.497 e. The Morgan fingerprint density at radius 3 is 2.39 bits per heavy atom. The Hall–Kier alpha value is -1.80. The molecule has 0 spiro atoms. The highest BCUT2D eigenvalue weighted by Gasteiger charge is 1.99. The minimum Gasteiger partial charge on any atom is -0.497 e. The highest BCUT2D eigenvalue weighted by molar-refractivity contribution is 5.27. The first-order valence-corrected chi connectivity index (χ1v) is 6.28. The maximum absolute atomic E-state index is 5.22. The molecule has 2 heteroatoms. The number of methoxy groups -OCH3 is 1. The Morgan fingerprint density at radius 1 is 0.944 bits per heavy atom. The summed E-state index contributed by atoms with van der Waals surface area (Å²) in [6.07, 6.45) is 0. The molecule has 2 nitrogen and oxygen atoms in total. The van der Waals surface area contributed by atoms with E-state index in [-0.39, 0.29) is 0 Å². The van der Waals surface area contributed by atoms with Crippen LogP contribution >= 0.6 is 0 Å². The smallest absolute Gasteiger partial charge is 0.119 e. The molecule has 0 aliphatic rings. The summed E-state index contributed by atoms with van der Waals surface area (Å²) in [5.74, 6) is 0.927. The first-order valence-electron chi connectivity index (χ1n) is 6.28. The summed E-state index contributed by atoms with van der Waals surface area (Å²) in [5, 5.41) is 2.30. The number of hydrogen-bond acceptors (Lipinski definition) is 1. The van der Waals surface area contributed by atoms with Crippen molar-refractivity contribution < 1.29 is 10.1 Å². The fraction of sp³-hybridized carbons (Fsp3) is 0.250. The fourth-order valence-electron chi connectivity index (χ4n) is 1.93. The maximum Gasteiger partial charge on any atom is 0.119 e. The van der Waals surface area contributed by atoms with Crippen LogP contribution in [-0.4, -0.2) is 7.11 Å². The Labute approximate surface area is 109 Å². The zero-order valence-electron chi connectivity index (χ0n) is 11.0. The molecule has 0 aliphatic carbocycles. The molecule has 0 aliphatic heterocycles. The molecule has 0 unspecified atom stereocenters. The third kappa shape index (κ3) is 3.60. The van der Waals surface area contributed by atoms with Crippen molar-refractivity contribution in [3.63, 3.8) is 0 Å². The lowest BCUT2D eigenvalue weighted by atomic mass is 10.1. The van der Waals surface area contributed by atoms with Crippen molar-refractivity contribution >= 4 is 0 Å². The van der Waals surface area contributed by atoms with Crippen LogP contribution in [0, 0.1) is 6.92 Å². The van der Waals surface area contributed by atoms with Gasteiger partial charge in [0.15, 0.2) is 0 Å². The Morgan fingerprint density at radius 2 is 1.67 bits per heavy atom. The number of rotatable bonds is 5. The van der Waals surface area contributed by atoms with Gasteiger partial charge in [-0.25, -0.2) is 0 Å². The van der Waals surface area contributed by atoms with Gasteiger partial charge in [-0.2, -0.15) is 0 Å². The van der Waals surface area contributed by atoms with Crippen LogP contribution in [0.15, 0.2) is 48.5 Å². The average Bonchev–Trinajstić information content (AvgIpc) is 2.41. The van der Waals surface area contributed by atoms with Gasteiger partial charge in [-0.3, -0.25) is 0 Å². The standard InChI is InChI=1S/C16H19NO/c1-13-6-8-14(9-7-13)11-17-12-15-4-3-5-16(10-15)18-2/h3-10,17H,11-12H2,1-2H3/p+1. The SMILES string of the molecule is COc1cccc(C[NH2+]Cc2ccc(C)cc2)c1. The monoisotopic (exact) mass is 242 g/mol. The molecule has 18 heavy (non-hydrogen) atoms. The first-order chi connectivity index (χ1) is 8.78. The van der Waals surface area contributed by atoms with Gasteiger partial charge >= 0.3 is 0 Å². The predicted octanol–water partition coefficient (Wildman–Crippen LogP) is 2.27. The van der Waals surface area contributed by atoms with Crippen LogP contribution in [0.5, 0.6) is 5.75 Å². The minimum atomic E-state index is 0.927. The quantitative estimate of drug-likeness (QED) is 0.855. The zero-order chi connectivity index (χ0) is 12.8. The topological polar surface area (TPSA) is 25.8 Å². The van der Waals surface area contributed by atoms with Gasteiger partial charge in [-0.15, -0.1) is 0 Å². The molecule has 0 aromatic heterocycles. The Bertz CT molecular complexity index is 491. The van der Waals surface area contributed by atoms with Crippen molar-refractivity contribution in [1.29, 1.82) is 0 Å². The molecule has 2 aromatic rings. The molecule has 2 N–H and O–H groups in total. The molecule has 94 valence electrons. The molecule has 0 saturated carbocycles. The molecule has 0 saturated heterocycles. The van der Waals surface area contributed by atoms with Crippen LogP contribution in [0.25, 0.3) is 0 Å². The van der Waals surface area contributed by atoms with Gasteiger partial charge in [-0.1, -0.05) is 42.0 Å². The molecular weight excluding hydrogens is 222 g/mol. The summed E-state index contributed by atoms with van der Waals surface area (Å²) in [6.45, 7) is 4.10. The van der Waals surface area contributed by atoms with E-state index in [0.29, 0.717) is 0 Å². The van der Waals surface area contributed by atoms with Crippen molar-refractivity contribution in [2.24, 2.45) is 0 Å². The second kappa shape index (κ2) is 6.22. The number of benzene rings is 2. The summed E-state index contributed by atoms with van der Waals surface area (Å²) in [4.78, 5) is 0. The second-order valence-electron chi connectivity index (χ2n) is 4.53. The lowest BCUT2D eigenvalue weighted by molar-refractivity contribution is -0.686. The van der Waals surface area contributed by atoms with E-state index < -0.39 is 0 Å². The summed E-state index contributed by atoms with van der Waals surface area (Å²) < 4.78 is 5.22. The molecule has 2 aromatic carbocycles. The van der Waals surface area contributed by atoms with Crippen LogP contribution < -0.4 is 10.1 Å². The average molecular weight is 242 g/mol. The Kier molecular flexibility index (Phi) is 4.37. The zero-order valence-corrected chi connectivity index (χ0v) is 11.0.